The lowest BCUT2D eigenvalue weighted by Crippen LogP contribution is -2.15. The summed E-state index contributed by atoms with van der Waals surface area (Å²) in [6.45, 7) is 4.70. The molecule has 14 rings (SSSR count). The van der Waals surface area contributed by atoms with Crippen LogP contribution in [0, 0.1) is 0 Å². The summed E-state index contributed by atoms with van der Waals surface area (Å²) < 4.78 is 9.45. The van der Waals surface area contributed by atoms with Crippen molar-refractivity contribution < 1.29 is 4.42 Å². The van der Waals surface area contributed by atoms with Crippen molar-refractivity contribution in [2.75, 3.05) is 4.90 Å². The molecular weight excluding hydrogens is 849 g/mol. The number of fused-ring (bicyclic) bond motifs is 10. The lowest BCUT2D eigenvalue weighted by atomic mass is 9.82. The van der Waals surface area contributed by atoms with Gasteiger partial charge in [0.1, 0.15) is 11.2 Å². The summed E-state index contributed by atoms with van der Waals surface area (Å²) >= 11 is 0. The molecule has 0 atom stereocenters. The van der Waals surface area contributed by atoms with Crippen molar-refractivity contribution in [1.82, 2.24) is 4.57 Å². The van der Waals surface area contributed by atoms with E-state index < -0.39 is 0 Å². The van der Waals surface area contributed by atoms with Gasteiger partial charge in [0.05, 0.1) is 28.1 Å². The molecule has 0 N–H and O–H groups in total. The van der Waals surface area contributed by atoms with Gasteiger partial charge >= 0.3 is 0 Å². The third-order valence-corrected chi connectivity index (χ3v) is 15.0. The number of nitrogens with zero attached hydrogens (tertiary/aromatic N) is 2. The van der Waals surface area contributed by atoms with E-state index in [0.717, 1.165) is 78.1 Å². The minimum absolute atomic E-state index is 0.0944. The fraction of sp³-hybridized carbons (Fsp3) is 0.0448. The predicted molar refractivity (Wildman–Crippen MR) is 294 cm³/mol. The normalized spacial score (nSPS) is 12.8. The predicted octanol–water partition coefficient (Wildman–Crippen LogP) is 18.6. The van der Waals surface area contributed by atoms with Gasteiger partial charge in [-0.1, -0.05) is 190 Å². The summed E-state index contributed by atoms with van der Waals surface area (Å²) in [5.41, 5.74) is 20.2. The molecule has 11 aromatic carbocycles. The summed E-state index contributed by atoms with van der Waals surface area (Å²) in [6, 6.07) is 88.8. The fourth-order valence-corrected chi connectivity index (χ4v) is 11.7. The van der Waals surface area contributed by atoms with Gasteiger partial charge in [-0.05, 0) is 116 Å². The van der Waals surface area contributed by atoms with Crippen LogP contribution in [-0.4, -0.2) is 4.57 Å². The third-order valence-electron chi connectivity index (χ3n) is 15.0. The standard InChI is InChI=1S/C67H46N2O/c1-67(2)57-25-11-5-21-51(57)56-42-47(35-39-58(56)67)50-20-7-13-27-60(50)69(59-26-12-6-19-49(59)46-32-31-43-17-3-4-18-45(43)41-46)63-40-38-55-54-24-10-16-30-64(54)70-66(55)65(63)44-33-36-48(37-34-44)68-61-28-14-8-22-52(61)53-23-9-15-29-62(53)68/h3-42H,1-2H3. The van der Waals surface area contributed by atoms with Crippen LogP contribution in [0.25, 0.3) is 105 Å². The van der Waals surface area contributed by atoms with Crippen molar-refractivity contribution in [1.29, 1.82) is 0 Å². The quantitative estimate of drug-likeness (QED) is 0.159. The Labute approximate surface area is 406 Å². The van der Waals surface area contributed by atoms with Gasteiger partial charge in [-0.15, -0.1) is 0 Å². The van der Waals surface area contributed by atoms with E-state index in [9.17, 15) is 0 Å². The summed E-state index contributed by atoms with van der Waals surface area (Å²) in [5, 5.41) is 7.08. The first-order valence-corrected chi connectivity index (χ1v) is 24.2. The van der Waals surface area contributed by atoms with Gasteiger partial charge in [0.2, 0.25) is 0 Å². The van der Waals surface area contributed by atoms with E-state index in [1.165, 1.54) is 54.8 Å². The highest BCUT2D eigenvalue weighted by Crippen LogP contribution is 2.53. The number of para-hydroxylation sites is 5. The second kappa shape index (κ2) is 15.6. The lowest BCUT2D eigenvalue weighted by Gasteiger charge is -2.32. The number of furan rings is 1. The van der Waals surface area contributed by atoms with Gasteiger partial charge in [0, 0.05) is 49.3 Å². The molecule has 2 aromatic heterocycles. The van der Waals surface area contributed by atoms with Gasteiger partial charge in [0.15, 0.2) is 0 Å². The zero-order valence-electron chi connectivity index (χ0n) is 38.9. The summed E-state index contributed by atoms with van der Waals surface area (Å²) in [5.74, 6) is 0. The van der Waals surface area contributed by atoms with Gasteiger partial charge in [-0.2, -0.15) is 0 Å². The van der Waals surface area contributed by atoms with Crippen LogP contribution in [0.4, 0.5) is 17.1 Å². The molecule has 0 saturated heterocycles. The molecule has 0 bridgehead atoms. The molecular formula is C67H46N2O. The fourth-order valence-electron chi connectivity index (χ4n) is 11.7. The van der Waals surface area contributed by atoms with E-state index in [0.29, 0.717) is 0 Å². The monoisotopic (exact) mass is 894 g/mol. The molecule has 0 spiro atoms. The van der Waals surface area contributed by atoms with Crippen molar-refractivity contribution in [3.05, 3.63) is 254 Å². The van der Waals surface area contributed by atoms with E-state index in [4.69, 9.17) is 4.42 Å². The summed E-state index contributed by atoms with van der Waals surface area (Å²) in [4.78, 5) is 2.49. The molecule has 0 radical (unpaired) electrons. The first kappa shape index (κ1) is 40.2. The average Bonchev–Trinajstić information content (AvgIpc) is 4.04. The van der Waals surface area contributed by atoms with Crippen LogP contribution < -0.4 is 4.90 Å². The van der Waals surface area contributed by atoms with Crippen molar-refractivity contribution in [3.8, 4) is 50.2 Å². The van der Waals surface area contributed by atoms with E-state index >= 15 is 0 Å². The van der Waals surface area contributed by atoms with Crippen LogP contribution in [0.3, 0.4) is 0 Å². The van der Waals surface area contributed by atoms with Crippen LogP contribution >= 0.6 is 0 Å². The zero-order chi connectivity index (χ0) is 46.5. The molecule has 1 aliphatic carbocycles. The van der Waals surface area contributed by atoms with Crippen LogP contribution in [-0.2, 0) is 5.41 Å². The minimum atomic E-state index is -0.0944. The zero-order valence-corrected chi connectivity index (χ0v) is 38.9. The molecule has 3 nitrogen and oxygen atoms in total. The highest BCUT2D eigenvalue weighted by molar-refractivity contribution is 6.14. The minimum Gasteiger partial charge on any atom is -0.455 e. The van der Waals surface area contributed by atoms with Gasteiger partial charge in [-0.3, -0.25) is 0 Å². The second-order valence-corrected chi connectivity index (χ2v) is 19.2. The van der Waals surface area contributed by atoms with E-state index in [1.807, 2.05) is 0 Å². The maximum Gasteiger partial charge on any atom is 0.145 e. The maximum atomic E-state index is 7.07. The molecule has 0 amide bonds. The first-order valence-electron chi connectivity index (χ1n) is 24.2. The van der Waals surface area contributed by atoms with Crippen LogP contribution in [0.5, 0.6) is 0 Å². The Balaban J connectivity index is 1.04. The number of hydrogen-bond donors (Lipinski definition) is 0. The molecule has 0 fully saturated rings. The van der Waals surface area contributed by atoms with Crippen molar-refractivity contribution in [3.63, 3.8) is 0 Å². The van der Waals surface area contributed by atoms with Crippen LogP contribution in [0.2, 0.25) is 0 Å². The molecule has 70 heavy (non-hydrogen) atoms. The van der Waals surface area contributed by atoms with E-state index in [2.05, 4.69) is 266 Å². The number of benzene rings is 11. The third kappa shape index (κ3) is 6.08. The molecule has 13 aromatic rings. The Morgan fingerprint density at radius 2 is 0.914 bits per heavy atom. The van der Waals surface area contributed by atoms with Gasteiger partial charge < -0.3 is 13.9 Å². The largest absolute Gasteiger partial charge is 0.455 e. The number of anilines is 3. The average molecular weight is 895 g/mol. The second-order valence-electron chi connectivity index (χ2n) is 19.2. The maximum absolute atomic E-state index is 7.07. The summed E-state index contributed by atoms with van der Waals surface area (Å²) in [6.07, 6.45) is 0. The Hall–Kier alpha value is -8.92. The van der Waals surface area contributed by atoms with Crippen molar-refractivity contribution >= 4 is 71.6 Å². The Bertz CT molecular complexity index is 4170. The van der Waals surface area contributed by atoms with E-state index in [1.54, 1.807) is 0 Å². The SMILES string of the molecule is CC1(C)c2ccccc2-c2cc(-c3ccccc3N(c3ccccc3-c3ccc4ccccc4c3)c3ccc4c(oc5ccccc54)c3-c3ccc(-n4c5ccccc5c5ccccc54)cc3)ccc21. The van der Waals surface area contributed by atoms with E-state index in [-0.39, 0.29) is 5.41 Å². The van der Waals surface area contributed by atoms with Gasteiger partial charge in [0.25, 0.3) is 0 Å². The van der Waals surface area contributed by atoms with Crippen molar-refractivity contribution in [2.24, 2.45) is 0 Å². The number of aromatic nitrogens is 1. The topological polar surface area (TPSA) is 21.3 Å². The highest BCUT2D eigenvalue weighted by Gasteiger charge is 2.35. The van der Waals surface area contributed by atoms with Crippen LogP contribution in [0.15, 0.2) is 247 Å². The molecule has 1 aliphatic rings. The molecule has 3 heteroatoms. The van der Waals surface area contributed by atoms with Crippen molar-refractivity contribution in [2.45, 2.75) is 19.3 Å². The van der Waals surface area contributed by atoms with Gasteiger partial charge in [-0.25, -0.2) is 0 Å². The van der Waals surface area contributed by atoms with Crippen LogP contribution in [0.1, 0.15) is 25.0 Å². The number of hydrogen-bond acceptors (Lipinski definition) is 2. The molecule has 0 aliphatic heterocycles. The Morgan fingerprint density at radius 1 is 0.371 bits per heavy atom. The Kier molecular flexibility index (Phi) is 8.93. The Morgan fingerprint density at radius 3 is 1.64 bits per heavy atom. The summed E-state index contributed by atoms with van der Waals surface area (Å²) in [7, 11) is 0. The molecule has 2 heterocycles. The molecule has 0 saturated carbocycles. The molecule has 330 valence electrons. The number of rotatable bonds is 7. The molecule has 0 unspecified atom stereocenters. The first-order chi connectivity index (χ1) is 34.5. The highest BCUT2D eigenvalue weighted by atomic mass is 16.3. The smallest absolute Gasteiger partial charge is 0.145 e. The lowest BCUT2D eigenvalue weighted by molar-refractivity contribution is 0.660.